The Hall–Kier alpha value is -0.260. The standard InChI is InChI=1S/C20H36/c1-6-9-18-13-17(19-12-15(5)20(18)19)11-8-10-16(7-2)14(3)4/h6,9,14-20H,7-8,10-13H2,1-5H3. The molecule has 0 nitrogen and oxygen atoms in total. The first-order valence-corrected chi connectivity index (χ1v) is 9.21. The summed E-state index contributed by atoms with van der Waals surface area (Å²) < 4.78 is 0. The molecule has 2 rings (SSSR count). The molecule has 2 aliphatic carbocycles. The Morgan fingerprint density at radius 2 is 1.95 bits per heavy atom. The van der Waals surface area contributed by atoms with Gasteiger partial charge in [-0.05, 0) is 61.2 Å². The zero-order chi connectivity index (χ0) is 14.7. The van der Waals surface area contributed by atoms with Crippen LogP contribution in [0.3, 0.4) is 0 Å². The van der Waals surface area contributed by atoms with Gasteiger partial charge in [-0.15, -0.1) is 0 Å². The molecule has 0 amide bonds. The molecule has 0 saturated heterocycles. The maximum atomic E-state index is 2.51. The lowest BCUT2D eigenvalue weighted by Gasteiger charge is -2.43. The molecule has 0 spiro atoms. The monoisotopic (exact) mass is 276 g/mol. The Balaban J connectivity index is 1.79. The van der Waals surface area contributed by atoms with Gasteiger partial charge in [0.1, 0.15) is 0 Å². The molecule has 0 bridgehead atoms. The van der Waals surface area contributed by atoms with Crippen molar-refractivity contribution in [3.63, 3.8) is 0 Å². The van der Waals surface area contributed by atoms with E-state index in [2.05, 4.69) is 46.8 Å². The molecule has 2 fully saturated rings. The number of rotatable bonds is 7. The van der Waals surface area contributed by atoms with Crippen LogP contribution in [0.15, 0.2) is 12.2 Å². The minimum atomic E-state index is 0.871. The van der Waals surface area contributed by atoms with Gasteiger partial charge in [0.15, 0.2) is 0 Å². The first kappa shape index (κ1) is 16.1. The number of hydrogen-bond donors (Lipinski definition) is 0. The highest BCUT2D eigenvalue weighted by Crippen LogP contribution is 2.58. The van der Waals surface area contributed by atoms with E-state index >= 15 is 0 Å². The van der Waals surface area contributed by atoms with Crippen LogP contribution in [0.5, 0.6) is 0 Å². The zero-order valence-electron chi connectivity index (χ0n) is 14.4. The predicted molar refractivity (Wildman–Crippen MR) is 89.6 cm³/mol. The molecule has 0 aliphatic heterocycles. The van der Waals surface area contributed by atoms with E-state index < -0.39 is 0 Å². The molecule has 0 aromatic carbocycles. The first-order valence-electron chi connectivity index (χ1n) is 9.21. The van der Waals surface area contributed by atoms with Gasteiger partial charge in [-0.3, -0.25) is 0 Å². The molecular weight excluding hydrogens is 240 g/mol. The molecule has 2 saturated carbocycles. The zero-order valence-corrected chi connectivity index (χ0v) is 14.4. The third-order valence-electron chi connectivity index (χ3n) is 6.53. The maximum absolute atomic E-state index is 2.51. The maximum Gasteiger partial charge on any atom is -0.0197 e. The van der Waals surface area contributed by atoms with Crippen molar-refractivity contribution >= 4 is 0 Å². The van der Waals surface area contributed by atoms with Gasteiger partial charge in [-0.25, -0.2) is 0 Å². The van der Waals surface area contributed by atoms with Crippen molar-refractivity contribution in [2.45, 2.75) is 73.1 Å². The van der Waals surface area contributed by atoms with Crippen molar-refractivity contribution in [1.82, 2.24) is 0 Å². The first-order chi connectivity index (χ1) is 9.58. The Bertz CT molecular complexity index is 314. The van der Waals surface area contributed by atoms with Gasteiger partial charge >= 0.3 is 0 Å². The summed E-state index contributed by atoms with van der Waals surface area (Å²) in [6.45, 7) is 11.8. The van der Waals surface area contributed by atoms with Gasteiger partial charge < -0.3 is 0 Å². The van der Waals surface area contributed by atoms with Crippen LogP contribution in [0.2, 0.25) is 0 Å². The molecule has 0 heterocycles. The molecular formula is C20H36. The summed E-state index contributed by atoms with van der Waals surface area (Å²) >= 11 is 0. The van der Waals surface area contributed by atoms with Crippen molar-refractivity contribution in [3.8, 4) is 0 Å². The van der Waals surface area contributed by atoms with E-state index in [1.54, 1.807) is 0 Å². The lowest BCUT2D eigenvalue weighted by molar-refractivity contribution is 0.0687. The number of fused-ring (bicyclic) bond motifs is 1. The largest absolute Gasteiger partial charge is 0.0914 e. The van der Waals surface area contributed by atoms with Crippen molar-refractivity contribution in [3.05, 3.63) is 12.2 Å². The summed E-state index contributed by atoms with van der Waals surface area (Å²) in [7, 11) is 0. The molecule has 0 heteroatoms. The average molecular weight is 277 g/mol. The molecule has 6 unspecified atom stereocenters. The van der Waals surface area contributed by atoms with Crippen LogP contribution in [-0.2, 0) is 0 Å². The van der Waals surface area contributed by atoms with E-state index in [1.807, 2.05) is 0 Å². The summed E-state index contributed by atoms with van der Waals surface area (Å²) in [5, 5.41) is 0. The highest BCUT2D eigenvalue weighted by molar-refractivity contribution is 5.06. The third kappa shape index (κ3) is 3.31. The second-order valence-corrected chi connectivity index (χ2v) is 7.98. The minimum Gasteiger partial charge on any atom is -0.0914 e. The summed E-state index contributed by atoms with van der Waals surface area (Å²) in [4.78, 5) is 0. The third-order valence-corrected chi connectivity index (χ3v) is 6.53. The van der Waals surface area contributed by atoms with Crippen LogP contribution in [0.4, 0.5) is 0 Å². The quantitative estimate of drug-likeness (QED) is 0.477. The van der Waals surface area contributed by atoms with Crippen LogP contribution in [0.1, 0.15) is 73.1 Å². The van der Waals surface area contributed by atoms with Crippen molar-refractivity contribution < 1.29 is 0 Å². The molecule has 6 atom stereocenters. The fourth-order valence-electron chi connectivity index (χ4n) is 5.33. The molecule has 0 aromatic heterocycles. The summed E-state index contributed by atoms with van der Waals surface area (Å²) in [5.41, 5.74) is 0. The molecule has 0 N–H and O–H groups in total. The van der Waals surface area contributed by atoms with Gasteiger partial charge in [0.05, 0.1) is 0 Å². The Morgan fingerprint density at radius 3 is 2.50 bits per heavy atom. The molecule has 2 aliphatic rings. The van der Waals surface area contributed by atoms with Crippen molar-refractivity contribution in [1.29, 1.82) is 0 Å². The van der Waals surface area contributed by atoms with Gasteiger partial charge in [-0.1, -0.05) is 65.5 Å². The van der Waals surface area contributed by atoms with Crippen molar-refractivity contribution in [2.24, 2.45) is 41.4 Å². The Morgan fingerprint density at radius 1 is 1.20 bits per heavy atom. The van der Waals surface area contributed by atoms with Crippen LogP contribution in [0.25, 0.3) is 0 Å². The van der Waals surface area contributed by atoms with E-state index in [0.717, 1.165) is 41.4 Å². The van der Waals surface area contributed by atoms with Crippen LogP contribution < -0.4 is 0 Å². The van der Waals surface area contributed by atoms with Gasteiger partial charge in [0.25, 0.3) is 0 Å². The summed E-state index contributed by atoms with van der Waals surface area (Å²) in [5.74, 6) is 6.88. The second-order valence-electron chi connectivity index (χ2n) is 7.98. The van der Waals surface area contributed by atoms with E-state index in [9.17, 15) is 0 Å². The van der Waals surface area contributed by atoms with Gasteiger partial charge in [0, 0.05) is 0 Å². The fourth-order valence-corrected chi connectivity index (χ4v) is 5.33. The highest BCUT2D eigenvalue weighted by atomic mass is 14.6. The van der Waals surface area contributed by atoms with Crippen LogP contribution >= 0.6 is 0 Å². The van der Waals surface area contributed by atoms with Crippen LogP contribution in [-0.4, -0.2) is 0 Å². The number of allylic oxidation sites excluding steroid dienone is 2. The Kier molecular flexibility index (Phi) is 5.75. The highest BCUT2D eigenvalue weighted by Gasteiger charge is 2.50. The van der Waals surface area contributed by atoms with E-state index in [0.29, 0.717) is 0 Å². The number of hydrogen-bond acceptors (Lipinski definition) is 0. The van der Waals surface area contributed by atoms with Crippen molar-refractivity contribution in [2.75, 3.05) is 0 Å². The topological polar surface area (TPSA) is 0 Å². The van der Waals surface area contributed by atoms with E-state index in [4.69, 9.17) is 0 Å². The van der Waals surface area contributed by atoms with Gasteiger partial charge in [0.2, 0.25) is 0 Å². The second kappa shape index (κ2) is 7.14. The minimum absolute atomic E-state index is 0.871. The molecule has 0 radical (unpaired) electrons. The normalized spacial score (nSPS) is 38.2. The summed E-state index contributed by atoms with van der Waals surface area (Å²) in [6, 6.07) is 0. The summed E-state index contributed by atoms with van der Waals surface area (Å²) in [6.07, 6.45) is 13.6. The molecule has 116 valence electrons. The van der Waals surface area contributed by atoms with Crippen LogP contribution in [0, 0.1) is 41.4 Å². The predicted octanol–water partition coefficient (Wildman–Crippen LogP) is 6.32. The molecule has 20 heavy (non-hydrogen) atoms. The smallest absolute Gasteiger partial charge is 0.0197 e. The lowest BCUT2D eigenvalue weighted by atomic mass is 9.62. The van der Waals surface area contributed by atoms with E-state index in [-0.39, 0.29) is 0 Å². The fraction of sp³-hybridized carbons (Fsp3) is 0.900. The SMILES string of the molecule is CC=CC1CC(CCCC(CC)C(C)C)C2CC(C)C12. The Labute approximate surface area is 127 Å². The average Bonchev–Trinajstić information content (AvgIpc) is 2.66. The van der Waals surface area contributed by atoms with Gasteiger partial charge in [-0.2, -0.15) is 0 Å². The lowest BCUT2D eigenvalue weighted by Crippen LogP contribution is -2.36. The van der Waals surface area contributed by atoms with E-state index in [1.165, 1.54) is 38.5 Å². The molecule has 0 aromatic rings.